The van der Waals surface area contributed by atoms with Gasteiger partial charge in [0, 0.05) is 17.0 Å². The molecule has 1 aromatic carbocycles. The maximum absolute atomic E-state index is 10.9. The van der Waals surface area contributed by atoms with Gasteiger partial charge in [0.1, 0.15) is 11.5 Å². The van der Waals surface area contributed by atoms with Crippen LogP contribution >= 0.6 is 0 Å². The van der Waals surface area contributed by atoms with E-state index in [1.165, 1.54) is 31.2 Å². The van der Waals surface area contributed by atoms with E-state index >= 15 is 0 Å². The number of hydrogen-bond donors (Lipinski definition) is 1. The molecule has 144 valence electrons. The van der Waals surface area contributed by atoms with Crippen LogP contribution in [-0.2, 0) is 10.2 Å². The molecule has 0 saturated carbocycles. The summed E-state index contributed by atoms with van der Waals surface area (Å²) in [7, 11) is 0. The number of benzene rings is 1. The summed E-state index contributed by atoms with van der Waals surface area (Å²) in [6, 6.07) is 6.24. The van der Waals surface area contributed by atoms with Crippen LogP contribution in [0, 0.1) is 0 Å². The van der Waals surface area contributed by atoms with Crippen LogP contribution in [-0.4, -0.2) is 48.8 Å². The molecular formula is C21H31NO4. The smallest absolute Gasteiger partial charge is 0.317 e. The van der Waals surface area contributed by atoms with Crippen molar-refractivity contribution in [3.8, 4) is 11.5 Å². The van der Waals surface area contributed by atoms with Crippen LogP contribution in [0.1, 0.15) is 57.4 Å². The maximum atomic E-state index is 10.9. The number of carbonyl (C=O) groups is 1. The van der Waals surface area contributed by atoms with Gasteiger partial charge in [0.25, 0.3) is 0 Å². The maximum Gasteiger partial charge on any atom is 0.317 e. The lowest BCUT2D eigenvalue weighted by atomic mass is 9.74. The monoisotopic (exact) mass is 361 g/mol. The highest BCUT2D eigenvalue weighted by Gasteiger charge is 2.43. The minimum atomic E-state index is -0.750. The Labute approximate surface area is 156 Å². The summed E-state index contributed by atoms with van der Waals surface area (Å²) < 4.78 is 11.9. The summed E-state index contributed by atoms with van der Waals surface area (Å²) in [5.74, 6) is 1.08. The summed E-state index contributed by atoms with van der Waals surface area (Å²) in [5, 5.41) is 8.96. The Bertz CT molecular complexity index is 608. The Balaban J connectivity index is 1.53. The quantitative estimate of drug-likeness (QED) is 0.677. The van der Waals surface area contributed by atoms with Crippen molar-refractivity contribution in [2.75, 3.05) is 32.8 Å². The second kappa shape index (κ2) is 8.76. The summed E-state index contributed by atoms with van der Waals surface area (Å²) >= 11 is 0. The van der Waals surface area contributed by atoms with E-state index in [0.717, 1.165) is 50.5 Å². The average molecular weight is 361 g/mol. The van der Waals surface area contributed by atoms with E-state index < -0.39 is 5.97 Å². The number of aliphatic carboxylic acids is 1. The molecule has 0 unspecified atom stereocenters. The van der Waals surface area contributed by atoms with Crippen molar-refractivity contribution in [1.82, 2.24) is 4.90 Å². The van der Waals surface area contributed by atoms with Gasteiger partial charge in [0.05, 0.1) is 19.8 Å². The van der Waals surface area contributed by atoms with Gasteiger partial charge in [-0.3, -0.25) is 9.69 Å². The molecule has 0 bridgehead atoms. The van der Waals surface area contributed by atoms with Gasteiger partial charge in [-0.25, -0.2) is 0 Å². The van der Waals surface area contributed by atoms with Crippen molar-refractivity contribution >= 4 is 5.97 Å². The molecule has 2 aliphatic heterocycles. The largest absolute Gasteiger partial charge is 0.493 e. The topological polar surface area (TPSA) is 59.0 Å². The third-order valence-corrected chi connectivity index (χ3v) is 5.72. The van der Waals surface area contributed by atoms with Crippen LogP contribution in [0.2, 0.25) is 0 Å². The van der Waals surface area contributed by atoms with E-state index in [-0.39, 0.29) is 12.0 Å². The third-order valence-electron chi connectivity index (χ3n) is 5.72. The first-order valence-corrected chi connectivity index (χ1v) is 9.97. The van der Waals surface area contributed by atoms with E-state index in [0.29, 0.717) is 6.61 Å². The molecule has 1 aromatic rings. The molecule has 2 aliphatic rings. The van der Waals surface area contributed by atoms with Gasteiger partial charge >= 0.3 is 5.97 Å². The Hall–Kier alpha value is -1.75. The van der Waals surface area contributed by atoms with Gasteiger partial charge in [-0.05, 0) is 38.4 Å². The third kappa shape index (κ3) is 4.50. The first-order chi connectivity index (χ1) is 12.6. The van der Waals surface area contributed by atoms with Crippen molar-refractivity contribution < 1.29 is 19.4 Å². The Kier molecular flexibility index (Phi) is 6.41. The molecule has 0 aromatic heterocycles. The molecule has 26 heavy (non-hydrogen) atoms. The number of carboxylic acids is 1. The minimum absolute atomic E-state index is 0.0447. The van der Waals surface area contributed by atoms with Crippen molar-refractivity contribution in [2.24, 2.45) is 0 Å². The Morgan fingerprint density at radius 3 is 2.73 bits per heavy atom. The number of ether oxygens (including phenoxy) is 2. The van der Waals surface area contributed by atoms with Gasteiger partial charge in [0.2, 0.25) is 0 Å². The van der Waals surface area contributed by atoms with Crippen LogP contribution in [0.4, 0.5) is 0 Å². The second-order valence-corrected chi connectivity index (χ2v) is 7.66. The molecule has 1 fully saturated rings. The van der Waals surface area contributed by atoms with Crippen LogP contribution < -0.4 is 9.47 Å². The van der Waals surface area contributed by atoms with E-state index in [1.807, 2.05) is 11.0 Å². The number of fused-ring (bicyclic) bond motifs is 2. The van der Waals surface area contributed by atoms with Crippen molar-refractivity contribution in [3.63, 3.8) is 0 Å². The number of rotatable bonds is 9. The molecule has 5 heteroatoms. The fourth-order valence-electron chi connectivity index (χ4n) is 4.08. The molecule has 1 N–H and O–H groups in total. The number of carboxylic acid groups (broad SMARTS) is 1. The van der Waals surface area contributed by atoms with Gasteiger partial charge < -0.3 is 14.6 Å². The van der Waals surface area contributed by atoms with Crippen molar-refractivity contribution in [2.45, 2.75) is 57.3 Å². The van der Waals surface area contributed by atoms with Crippen molar-refractivity contribution in [3.05, 3.63) is 23.8 Å². The van der Waals surface area contributed by atoms with E-state index in [2.05, 4.69) is 19.1 Å². The predicted octanol–water partition coefficient (Wildman–Crippen LogP) is 3.85. The van der Waals surface area contributed by atoms with Crippen LogP contribution in [0.25, 0.3) is 0 Å². The molecule has 0 radical (unpaired) electrons. The molecule has 3 rings (SSSR count). The van der Waals surface area contributed by atoms with Crippen LogP contribution in [0.15, 0.2) is 18.2 Å². The number of unbranched alkanes of at least 4 members (excludes halogenated alkanes) is 4. The summed E-state index contributed by atoms with van der Waals surface area (Å²) in [6.07, 6.45) is 8.08. The second-order valence-electron chi connectivity index (χ2n) is 7.66. The zero-order valence-corrected chi connectivity index (χ0v) is 15.8. The molecule has 1 saturated heterocycles. The van der Waals surface area contributed by atoms with Gasteiger partial charge in [-0.2, -0.15) is 0 Å². The number of nitrogens with zero attached hydrogens (tertiary/aromatic N) is 1. The van der Waals surface area contributed by atoms with Gasteiger partial charge in [0.15, 0.2) is 0 Å². The highest BCUT2D eigenvalue weighted by Crippen LogP contribution is 2.46. The normalized spacial score (nSPS) is 18.5. The lowest BCUT2D eigenvalue weighted by molar-refractivity contribution is -0.138. The predicted molar refractivity (Wildman–Crippen MR) is 101 cm³/mol. The lowest BCUT2D eigenvalue weighted by Gasteiger charge is -2.37. The highest BCUT2D eigenvalue weighted by atomic mass is 16.5. The average Bonchev–Trinajstić information content (AvgIpc) is 2.98. The molecule has 2 heterocycles. The molecule has 0 amide bonds. The van der Waals surface area contributed by atoms with E-state index in [4.69, 9.17) is 14.6 Å². The highest BCUT2D eigenvalue weighted by molar-refractivity contribution is 5.69. The molecule has 0 atom stereocenters. The molecule has 0 aliphatic carbocycles. The summed E-state index contributed by atoms with van der Waals surface area (Å²) in [6.45, 7) is 5.44. The van der Waals surface area contributed by atoms with E-state index in [1.54, 1.807) is 0 Å². The first-order valence-electron chi connectivity index (χ1n) is 9.97. The zero-order chi connectivity index (χ0) is 18.4. The number of piperidine rings is 1. The molecule has 1 spiro atoms. The SMILES string of the molecule is CCCCCCCOc1ccc2c(c1)OCC21CCN(CC(=O)O)CC1. The molecular weight excluding hydrogens is 330 g/mol. The first kappa shape index (κ1) is 19.0. The standard InChI is InChI=1S/C21H31NO4/c1-2-3-4-5-6-13-25-17-7-8-18-19(14-17)26-16-21(18)9-11-22(12-10-21)15-20(23)24/h7-8,14H,2-6,9-13,15-16H2,1H3,(H,23,24). The zero-order valence-electron chi connectivity index (χ0n) is 15.8. The van der Waals surface area contributed by atoms with Crippen LogP contribution in [0.3, 0.4) is 0 Å². The van der Waals surface area contributed by atoms with E-state index in [9.17, 15) is 4.79 Å². The Morgan fingerprint density at radius 1 is 1.23 bits per heavy atom. The van der Waals surface area contributed by atoms with Gasteiger partial charge in [-0.15, -0.1) is 0 Å². The van der Waals surface area contributed by atoms with Crippen molar-refractivity contribution in [1.29, 1.82) is 0 Å². The minimum Gasteiger partial charge on any atom is -0.493 e. The summed E-state index contributed by atoms with van der Waals surface area (Å²) in [4.78, 5) is 12.9. The fourth-order valence-corrected chi connectivity index (χ4v) is 4.08. The lowest BCUT2D eigenvalue weighted by Crippen LogP contribution is -2.45. The van der Waals surface area contributed by atoms with Crippen LogP contribution in [0.5, 0.6) is 11.5 Å². The Morgan fingerprint density at radius 2 is 2.00 bits per heavy atom. The van der Waals surface area contributed by atoms with Gasteiger partial charge in [-0.1, -0.05) is 38.7 Å². The number of likely N-dealkylation sites (tertiary alicyclic amines) is 1. The number of hydrogen-bond acceptors (Lipinski definition) is 4. The fraction of sp³-hybridized carbons (Fsp3) is 0.667. The molecule has 5 nitrogen and oxygen atoms in total. The summed E-state index contributed by atoms with van der Waals surface area (Å²) in [5.41, 5.74) is 1.31.